The minimum atomic E-state index is 0.560. The third-order valence-electron chi connectivity index (χ3n) is 4.37. The summed E-state index contributed by atoms with van der Waals surface area (Å²) in [5, 5.41) is 0. The van der Waals surface area contributed by atoms with Gasteiger partial charge in [-0.3, -0.25) is 0 Å². The maximum Gasteiger partial charge on any atom is 0.0587 e. The van der Waals surface area contributed by atoms with Gasteiger partial charge in [-0.05, 0) is 24.1 Å². The molecule has 1 aliphatic rings. The van der Waals surface area contributed by atoms with E-state index < -0.39 is 0 Å². The summed E-state index contributed by atoms with van der Waals surface area (Å²) in [6.45, 7) is 3.48. The molecule has 20 heavy (non-hydrogen) atoms. The van der Waals surface area contributed by atoms with E-state index in [1.165, 1.54) is 37.1 Å². The van der Waals surface area contributed by atoms with Crippen molar-refractivity contribution in [3.05, 3.63) is 66.2 Å². The number of hydrogen-bond acceptors (Lipinski definition) is 1. The molecule has 0 amide bonds. The Kier molecular flexibility index (Phi) is 4.05. The second-order valence-electron chi connectivity index (χ2n) is 5.75. The van der Waals surface area contributed by atoms with Crippen LogP contribution in [0.25, 0.3) is 0 Å². The zero-order valence-corrected chi connectivity index (χ0v) is 12.2. The second-order valence-corrected chi connectivity index (χ2v) is 5.75. The Morgan fingerprint density at radius 3 is 2.25 bits per heavy atom. The lowest BCUT2D eigenvalue weighted by Crippen LogP contribution is -2.49. The summed E-state index contributed by atoms with van der Waals surface area (Å²) in [5.41, 5.74) is 2.82. The van der Waals surface area contributed by atoms with Crippen LogP contribution >= 0.6 is 0 Å². The van der Waals surface area contributed by atoms with E-state index >= 15 is 0 Å². The van der Waals surface area contributed by atoms with Crippen LogP contribution in [0.5, 0.6) is 0 Å². The van der Waals surface area contributed by atoms with Gasteiger partial charge in [0, 0.05) is 18.2 Å². The smallest absolute Gasteiger partial charge is 0.0587 e. The summed E-state index contributed by atoms with van der Waals surface area (Å²) in [4.78, 5) is 2.55. The summed E-state index contributed by atoms with van der Waals surface area (Å²) in [6, 6.07) is 22.4. The quantitative estimate of drug-likeness (QED) is 0.731. The Morgan fingerprint density at radius 1 is 0.950 bits per heavy atom. The molecule has 1 saturated heterocycles. The molecule has 1 aliphatic heterocycles. The topological polar surface area (TPSA) is 3.24 Å². The highest BCUT2D eigenvalue weighted by Crippen LogP contribution is 2.44. The number of rotatable bonds is 5. The van der Waals surface area contributed by atoms with Crippen molar-refractivity contribution < 1.29 is 0 Å². The van der Waals surface area contributed by atoms with Gasteiger partial charge in [0.05, 0.1) is 6.04 Å². The fraction of sp³-hybridized carbons (Fsp3) is 0.368. The summed E-state index contributed by atoms with van der Waals surface area (Å²) in [7, 11) is 0. The average Bonchev–Trinajstić information content (AvgIpc) is 2.48. The summed E-state index contributed by atoms with van der Waals surface area (Å²) in [5.74, 6) is 0.803. The van der Waals surface area contributed by atoms with E-state index in [2.05, 4.69) is 72.5 Å². The lowest BCUT2D eigenvalue weighted by atomic mass is 9.80. The lowest BCUT2D eigenvalue weighted by Gasteiger charge is -2.50. The van der Waals surface area contributed by atoms with E-state index in [1.807, 2.05) is 0 Å². The van der Waals surface area contributed by atoms with Crippen LogP contribution in [0.1, 0.15) is 37.8 Å². The molecule has 1 fully saturated rings. The average molecular weight is 265 g/mol. The van der Waals surface area contributed by atoms with E-state index in [0.29, 0.717) is 6.04 Å². The van der Waals surface area contributed by atoms with Crippen molar-refractivity contribution in [3.8, 4) is 0 Å². The number of anilines is 1. The van der Waals surface area contributed by atoms with Gasteiger partial charge in [-0.1, -0.05) is 68.3 Å². The Hall–Kier alpha value is -1.76. The molecule has 2 aromatic carbocycles. The molecule has 104 valence electrons. The molecule has 0 saturated carbocycles. The van der Waals surface area contributed by atoms with Crippen molar-refractivity contribution in [1.82, 2.24) is 0 Å². The van der Waals surface area contributed by atoms with Crippen molar-refractivity contribution >= 4 is 5.69 Å². The number of benzene rings is 2. The van der Waals surface area contributed by atoms with E-state index in [-0.39, 0.29) is 0 Å². The van der Waals surface area contributed by atoms with Crippen LogP contribution in [0, 0.1) is 5.92 Å². The first-order valence-corrected chi connectivity index (χ1v) is 7.77. The molecule has 0 N–H and O–H groups in total. The monoisotopic (exact) mass is 265 g/mol. The van der Waals surface area contributed by atoms with Crippen LogP contribution in [0.2, 0.25) is 0 Å². The van der Waals surface area contributed by atoms with Crippen molar-refractivity contribution in [2.75, 3.05) is 11.4 Å². The van der Waals surface area contributed by atoms with E-state index in [0.717, 1.165) is 5.92 Å². The Balaban J connectivity index is 1.82. The number of unbranched alkanes of at least 4 members (excludes halogenated alkanes) is 1. The fourth-order valence-electron chi connectivity index (χ4n) is 3.29. The van der Waals surface area contributed by atoms with Crippen LogP contribution in [-0.2, 0) is 0 Å². The third kappa shape index (κ3) is 2.58. The van der Waals surface area contributed by atoms with Gasteiger partial charge in [-0.2, -0.15) is 0 Å². The summed E-state index contributed by atoms with van der Waals surface area (Å²) >= 11 is 0. The minimum Gasteiger partial charge on any atom is -0.364 e. The summed E-state index contributed by atoms with van der Waals surface area (Å²) < 4.78 is 0. The largest absolute Gasteiger partial charge is 0.364 e. The molecule has 0 unspecified atom stereocenters. The molecule has 1 heteroatoms. The number of para-hydroxylation sites is 1. The summed E-state index contributed by atoms with van der Waals surface area (Å²) in [6.07, 6.45) is 3.99. The normalized spacial score (nSPS) is 21.6. The van der Waals surface area contributed by atoms with Gasteiger partial charge in [0.15, 0.2) is 0 Å². The van der Waals surface area contributed by atoms with Gasteiger partial charge in [0.25, 0.3) is 0 Å². The van der Waals surface area contributed by atoms with E-state index in [4.69, 9.17) is 0 Å². The van der Waals surface area contributed by atoms with Gasteiger partial charge in [0.2, 0.25) is 0 Å². The molecule has 0 aliphatic carbocycles. The predicted octanol–water partition coefficient (Wildman–Crippen LogP) is 5.05. The highest BCUT2D eigenvalue weighted by molar-refractivity contribution is 5.52. The van der Waals surface area contributed by atoms with E-state index in [9.17, 15) is 0 Å². The number of hydrogen-bond donors (Lipinski definition) is 0. The second kappa shape index (κ2) is 6.13. The molecule has 0 aromatic heterocycles. The van der Waals surface area contributed by atoms with Crippen LogP contribution in [-0.4, -0.2) is 6.54 Å². The molecule has 1 nitrogen and oxygen atoms in total. The van der Waals surface area contributed by atoms with Crippen LogP contribution in [0.15, 0.2) is 60.7 Å². The molecule has 0 spiro atoms. The zero-order valence-electron chi connectivity index (χ0n) is 12.2. The van der Waals surface area contributed by atoms with Crippen molar-refractivity contribution in [3.63, 3.8) is 0 Å². The van der Waals surface area contributed by atoms with E-state index in [1.54, 1.807) is 0 Å². The van der Waals surface area contributed by atoms with Gasteiger partial charge >= 0.3 is 0 Å². The third-order valence-corrected chi connectivity index (χ3v) is 4.37. The molecule has 0 radical (unpaired) electrons. The molecule has 2 atom stereocenters. The SMILES string of the molecule is CCCC[C@H]1CN(c2ccccc2)[C@@H]1c1ccccc1. The maximum atomic E-state index is 2.55. The predicted molar refractivity (Wildman–Crippen MR) is 86.0 cm³/mol. The lowest BCUT2D eigenvalue weighted by molar-refractivity contribution is 0.274. The van der Waals surface area contributed by atoms with Gasteiger partial charge in [-0.15, -0.1) is 0 Å². The minimum absolute atomic E-state index is 0.560. The van der Waals surface area contributed by atoms with Gasteiger partial charge in [-0.25, -0.2) is 0 Å². The molecular weight excluding hydrogens is 242 g/mol. The highest BCUT2D eigenvalue weighted by atomic mass is 15.2. The standard InChI is InChI=1S/C19H23N/c1-2-3-10-17-15-20(18-13-8-5-9-14-18)19(17)16-11-6-4-7-12-16/h4-9,11-14,17,19H,2-3,10,15H2,1H3/t17-,19+/m0/s1. The Bertz CT molecular complexity index is 520. The van der Waals surface area contributed by atoms with Crippen molar-refractivity contribution in [2.45, 2.75) is 32.2 Å². The van der Waals surface area contributed by atoms with Crippen LogP contribution in [0.4, 0.5) is 5.69 Å². The van der Waals surface area contributed by atoms with Gasteiger partial charge in [0.1, 0.15) is 0 Å². The van der Waals surface area contributed by atoms with Crippen LogP contribution in [0.3, 0.4) is 0 Å². The Labute approximate surface area is 122 Å². The van der Waals surface area contributed by atoms with Crippen molar-refractivity contribution in [2.24, 2.45) is 5.92 Å². The Morgan fingerprint density at radius 2 is 1.60 bits per heavy atom. The first-order valence-electron chi connectivity index (χ1n) is 7.77. The van der Waals surface area contributed by atoms with Crippen LogP contribution < -0.4 is 4.90 Å². The molecule has 2 aromatic rings. The number of nitrogens with zero attached hydrogens (tertiary/aromatic N) is 1. The fourth-order valence-corrected chi connectivity index (χ4v) is 3.29. The molecule has 0 bridgehead atoms. The maximum absolute atomic E-state index is 2.55. The highest BCUT2D eigenvalue weighted by Gasteiger charge is 2.39. The first kappa shape index (κ1) is 13.2. The zero-order chi connectivity index (χ0) is 13.8. The molecule has 3 rings (SSSR count). The molecular formula is C19H23N. The van der Waals surface area contributed by atoms with Gasteiger partial charge < -0.3 is 4.90 Å². The molecule has 1 heterocycles. The first-order chi connectivity index (χ1) is 9.90. The van der Waals surface area contributed by atoms with Crippen molar-refractivity contribution in [1.29, 1.82) is 0 Å².